The molecule has 3 rings (SSSR count). The van der Waals surface area contributed by atoms with Crippen LogP contribution in [0.4, 0.5) is 5.13 Å². The molecule has 0 spiro atoms. The molecule has 1 aliphatic rings. The van der Waals surface area contributed by atoms with Crippen LogP contribution in [0.3, 0.4) is 0 Å². The third-order valence-corrected chi connectivity index (χ3v) is 3.92. The minimum atomic E-state index is -0.778. The van der Waals surface area contributed by atoms with Crippen molar-refractivity contribution in [3.8, 4) is 11.5 Å². The lowest BCUT2D eigenvalue weighted by molar-refractivity contribution is -0.131. The molecule has 0 radical (unpaired) electrons. The van der Waals surface area contributed by atoms with Crippen molar-refractivity contribution in [3.63, 3.8) is 0 Å². The Labute approximate surface area is 136 Å². The van der Waals surface area contributed by atoms with E-state index < -0.39 is 12.0 Å². The van der Waals surface area contributed by atoms with Gasteiger partial charge in [0, 0.05) is 11.1 Å². The molecule has 0 bridgehead atoms. The molecule has 0 saturated heterocycles. The number of benzene rings is 1. The molecular weight excluding hydrogens is 318 g/mol. The minimum Gasteiger partial charge on any atom is -0.485 e. The van der Waals surface area contributed by atoms with E-state index in [0.29, 0.717) is 16.6 Å². The number of rotatable bonds is 4. The number of amides is 2. The van der Waals surface area contributed by atoms with Gasteiger partial charge in [0.2, 0.25) is 12.0 Å². The fourth-order valence-corrected chi connectivity index (χ4v) is 2.69. The van der Waals surface area contributed by atoms with Crippen molar-refractivity contribution in [3.05, 3.63) is 35.3 Å². The Hall–Kier alpha value is -2.61. The molecule has 1 aromatic carbocycles. The molecule has 120 valence electrons. The van der Waals surface area contributed by atoms with Crippen molar-refractivity contribution in [2.45, 2.75) is 13.0 Å². The number of anilines is 1. The van der Waals surface area contributed by atoms with Crippen LogP contribution in [-0.2, 0) is 9.59 Å². The zero-order chi connectivity index (χ0) is 16.2. The summed E-state index contributed by atoms with van der Waals surface area (Å²) in [5, 5.41) is 5.66. The van der Waals surface area contributed by atoms with Crippen molar-refractivity contribution in [2.75, 3.05) is 18.5 Å². The Morgan fingerprint density at radius 3 is 2.87 bits per heavy atom. The highest BCUT2D eigenvalue weighted by Crippen LogP contribution is 2.30. The van der Waals surface area contributed by atoms with Gasteiger partial charge in [-0.25, -0.2) is 4.98 Å². The number of ether oxygens (including phenoxy) is 2. The molecule has 1 atom stereocenters. The van der Waals surface area contributed by atoms with E-state index in [1.807, 2.05) is 13.0 Å². The van der Waals surface area contributed by atoms with Gasteiger partial charge in [0.15, 0.2) is 16.6 Å². The number of para-hydroxylation sites is 2. The largest absolute Gasteiger partial charge is 0.485 e. The molecular formula is C15H15N3O4S. The van der Waals surface area contributed by atoms with Gasteiger partial charge in [-0.1, -0.05) is 12.1 Å². The van der Waals surface area contributed by atoms with Crippen LogP contribution in [0.2, 0.25) is 0 Å². The highest BCUT2D eigenvalue weighted by molar-refractivity contribution is 7.15. The van der Waals surface area contributed by atoms with Crippen LogP contribution in [0.15, 0.2) is 30.5 Å². The molecule has 0 aliphatic carbocycles. The molecule has 7 nitrogen and oxygen atoms in total. The standard InChI is InChI=1S/C15H15N3O4S/c1-9-6-17-15(23-9)18-13(19)7-16-14(20)12-8-21-10-4-2-3-5-11(10)22-12/h2-6,12H,7-8H2,1H3,(H,16,20)(H,17,18,19)/t12-/m0/s1. The summed E-state index contributed by atoms with van der Waals surface area (Å²) in [5.74, 6) is 0.379. The SMILES string of the molecule is Cc1cnc(NC(=O)CNC(=O)[C@@H]2COc3ccccc3O2)s1. The number of hydrogen-bond acceptors (Lipinski definition) is 6. The van der Waals surface area contributed by atoms with Gasteiger partial charge in [0.25, 0.3) is 5.91 Å². The van der Waals surface area contributed by atoms with Crippen LogP contribution in [-0.4, -0.2) is 36.1 Å². The van der Waals surface area contributed by atoms with Crippen molar-refractivity contribution in [1.29, 1.82) is 0 Å². The van der Waals surface area contributed by atoms with Crippen LogP contribution in [0, 0.1) is 6.92 Å². The Bertz CT molecular complexity index is 731. The van der Waals surface area contributed by atoms with E-state index in [2.05, 4.69) is 15.6 Å². The van der Waals surface area contributed by atoms with Crippen LogP contribution in [0.1, 0.15) is 4.88 Å². The second-order valence-corrected chi connectivity index (χ2v) is 6.14. The maximum Gasteiger partial charge on any atom is 0.265 e. The molecule has 1 aromatic heterocycles. The quantitative estimate of drug-likeness (QED) is 0.881. The van der Waals surface area contributed by atoms with Crippen molar-refractivity contribution in [1.82, 2.24) is 10.3 Å². The molecule has 2 N–H and O–H groups in total. The molecule has 1 aliphatic heterocycles. The number of fused-ring (bicyclic) bond motifs is 1. The first kappa shape index (κ1) is 15.3. The average molecular weight is 333 g/mol. The highest BCUT2D eigenvalue weighted by atomic mass is 32.1. The van der Waals surface area contributed by atoms with Gasteiger partial charge < -0.3 is 20.1 Å². The van der Waals surface area contributed by atoms with Crippen LogP contribution >= 0.6 is 11.3 Å². The molecule has 2 heterocycles. The van der Waals surface area contributed by atoms with E-state index in [9.17, 15) is 9.59 Å². The van der Waals surface area contributed by atoms with E-state index in [0.717, 1.165) is 4.88 Å². The summed E-state index contributed by atoms with van der Waals surface area (Å²) in [4.78, 5) is 28.9. The number of nitrogens with zero attached hydrogens (tertiary/aromatic N) is 1. The fourth-order valence-electron chi connectivity index (χ4n) is 2.01. The number of aromatic nitrogens is 1. The van der Waals surface area contributed by atoms with Crippen LogP contribution in [0.25, 0.3) is 0 Å². The molecule has 23 heavy (non-hydrogen) atoms. The summed E-state index contributed by atoms with van der Waals surface area (Å²) < 4.78 is 11.0. The number of thiazole rings is 1. The Kier molecular flexibility index (Phi) is 4.42. The topological polar surface area (TPSA) is 89.6 Å². The maximum absolute atomic E-state index is 12.1. The summed E-state index contributed by atoms with van der Waals surface area (Å²) in [7, 11) is 0. The maximum atomic E-state index is 12.1. The molecule has 8 heteroatoms. The Morgan fingerprint density at radius 2 is 2.13 bits per heavy atom. The molecule has 2 amide bonds. The number of carbonyl (C=O) groups is 2. The Morgan fingerprint density at radius 1 is 1.35 bits per heavy atom. The number of carbonyl (C=O) groups excluding carboxylic acids is 2. The van der Waals surface area contributed by atoms with Gasteiger partial charge >= 0.3 is 0 Å². The first-order chi connectivity index (χ1) is 11.1. The molecule has 2 aromatic rings. The van der Waals surface area contributed by atoms with E-state index in [-0.39, 0.29) is 19.1 Å². The van der Waals surface area contributed by atoms with E-state index in [1.54, 1.807) is 24.4 Å². The van der Waals surface area contributed by atoms with E-state index >= 15 is 0 Å². The molecule has 0 saturated carbocycles. The predicted octanol–water partition coefficient (Wildman–Crippen LogP) is 1.35. The average Bonchev–Trinajstić information content (AvgIpc) is 2.97. The summed E-state index contributed by atoms with van der Waals surface area (Å²) in [6.45, 7) is 1.85. The lowest BCUT2D eigenvalue weighted by atomic mass is 10.2. The predicted molar refractivity (Wildman–Crippen MR) is 84.8 cm³/mol. The number of nitrogens with one attached hydrogen (secondary N) is 2. The summed E-state index contributed by atoms with van der Waals surface area (Å²) in [6, 6.07) is 7.12. The van der Waals surface area contributed by atoms with Gasteiger partial charge in [0.05, 0.1) is 6.54 Å². The smallest absolute Gasteiger partial charge is 0.265 e. The zero-order valence-electron chi connectivity index (χ0n) is 12.4. The van der Waals surface area contributed by atoms with Crippen molar-refractivity contribution < 1.29 is 19.1 Å². The van der Waals surface area contributed by atoms with E-state index in [1.165, 1.54) is 11.3 Å². The number of hydrogen-bond donors (Lipinski definition) is 2. The summed E-state index contributed by atoms with van der Waals surface area (Å²) in [5.41, 5.74) is 0. The highest BCUT2D eigenvalue weighted by Gasteiger charge is 2.27. The van der Waals surface area contributed by atoms with E-state index in [4.69, 9.17) is 9.47 Å². The minimum absolute atomic E-state index is 0.107. The summed E-state index contributed by atoms with van der Waals surface area (Å²) >= 11 is 1.37. The zero-order valence-corrected chi connectivity index (χ0v) is 13.2. The van der Waals surface area contributed by atoms with Gasteiger partial charge in [-0.15, -0.1) is 11.3 Å². The second-order valence-electron chi connectivity index (χ2n) is 4.91. The monoisotopic (exact) mass is 333 g/mol. The van der Waals surface area contributed by atoms with Crippen LogP contribution in [0.5, 0.6) is 11.5 Å². The fraction of sp³-hybridized carbons (Fsp3) is 0.267. The normalized spacial score (nSPS) is 15.8. The lowest BCUT2D eigenvalue weighted by Gasteiger charge is -2.25. The van der Waals surface area contributed by atoms with Crippen LogP contribution < -0.4 is 20.1 Å². The first-order valence-electron chi connectivity index (χ1n) is 7.00. The lowest BCUT2D eigenvalue weighted by Crippen LogP contribution is -2.46. The summed E-state index contributed by atoms with van der Waals surface area (Å²) in [6.07, 6.45) is 0.892. The van der Waals surface area contributed by atoms with Gasteiger partial charge in [-0.2, -0.15) is 0 Å². The number of aryl methyl sites for hydroxylation is 1. The second kappa shape index (κ2) is 6.66. The van der Waals surface area contributed by atoms with Gasteiger partial charge in [-0.05, 0) is 19.1 Å². The third kappa shape index (κ3) is 3.78. The van der Waals surface area contributed by atoms with Gasteiger partial charge in [0.1, 0.15) is 6.61 Å². The molecule has 0 unspecified atom stereocenters. The first-order valence-corrected chi connectivity index (χ1v) is 7.82. The van der Waals surface area contributed by atoms with Gasteiger partial charge in [-0.3, -0.25) is 9.59 Å². The van der Waals surface area contributed by atoms with Crippen molar-refractivity contribution in [2.24, 2.45) is 0 Å². The third-order valence-electron chi connectivity index (χ3n) is 3.09. The van der Waals surface area contributed by atoms with Crippen molar-refractivity contribution >= 4 is 28.3 Å². The Balaban J connectivity index is 1.49. The molecule has 0 fully saturated rings.